The first-order valence-electron chi connectivity index (χ1n) is 9.06. The number of nitrogens with one attached hydrogen (secondary N) is 1. The fourth-order valence-corrected chi connectivity index (χ4v) is 6.64. The molecule has 0 fully saturated rings. The molecule has 0 aliphatic heterocycles. The number of benzene rings is 1. The van der Waals surface area contributed by atoms with Crippen LogP contribution in [0.25, 0.3) is 10.2 Å². The summed E-state index contributed by atoms with van der Waals surface area (Å²) >= 11 is 4.50. The average Bonchev–Trinajstić information content (AvgIpc) is 3.25. The number of thiophene rings is 1. The Balaban J connectivity index is 1.48. The molecule has 1 atom stereocenters. The Morgan fingerprint density at radius 1 is 1.32 bits per heavy atom. The summed E-state index contributed by atoms with van der Waals surface area (Å²) in [7, 11) is 1.38. The number of methoxy groups -OCH3 is 1. The number of nitrogens with zero attached hydrogens (tertiary/aromatic N) is 1. The first kappa shape index (κ1) is 19.4. The van der Waals surface area contributed by atoms with Crippen LogP contribution in [-0.4, -0.2) is 29.7 Å². The van der Waals surface area contributed by atoms with Crippen LogP contribution in [0.2, 0.25) is 0 Å². The van der Waals surface area contributed by atoms with Crippen molar-refractivity contribution >= 4 is 61.5 Å². The SMILES string of the molecule is COC(=O)c1c(NC(=O)CSc2nc3ccccc3s2)sc2c1CCC(C)C2. The third-order valence-electron chi connectivity index (χ3n) is 4.76. The number of hydrogen-bond acceptors (Lipinski definition) is 7. The molecular weight excluding hydrogens is 412 g/mol. The molecular formula is C20H20N2O3S3. The zero-order valence-corrected chi connectivity index (χ0v) is 18.1. The van der Waals surface area contributed by atoms with Gasteiger partial charge in [-0.3, -0.25) is 4.79 Å². The summed E-state index contributed by atoms with van der Waals surface area (Å²) in [6.07, 6.45) is 2.85. The van der Waals surface area contributed by atoms with E-state index in [4.69, 9.17) is 4.74 Å². The lowest BCUT2D eigenvalue weighted by molar-refractivity contribution is -0.113. The molecule has 1 unspecified atom stereocenters. The zero-order chi connectivity index (χ0) is 19.7. The summed E-state index contributed by atoms with van der Waals surface area (Å²) in [5.41, 5.74) is 2.53. The molecule has 0 bridgehead atoms. The number of esters is 1. The second-order valence-corrected chi connectivity index (χ2v) is 10.2. The highest BCUT2D eigenvalue weighted by Gasteiger charge is 2.28. The molecule has 1 aliphatic carbocycles. The number of thioether (sulfide) groups is 1. The van der Waals surface area contributed by atoms with E-state index in [-0.39, 0.29) is 17.6 Å². The fourth-order valence-electron chi connectivity index (χ4n) is 3.36. The van der Waals surface area contributed by atoms with Crippen molar-refractivity contribution in [2.45, 2.75) is 30.5 Å². The molecule has 0 spiro atoms. The van der Waals surface area contributed by atoms with Crippen LogP contribution in [0.15, 0.2) is 28.6 Å². The highest BCUT2D eigenvalue weighted by atomic mass is 32.2. The van der Waals surface area contributed by atoms with Crippen LogP contribution in [0.4, 0.5) is 5.00 Å². The van der Waals surface area contributed by atoms with E-state index in [0.29, 0.717) is 16.5 Å². The molecule has 1 N–H and O–H groups in total. The number of rotatable bonds is 5. The number of para-hydroxylation sites is 1. The molecule has 1 aromatic carbocycles. The minimum Gasteiger partial charge on any atom is -0.465 e. The third kappa shape index (κ3) is 3.94. The largest absolute Gasteiger partial charge is 0.465 e. The van der Waals surface area contributed by atoms with Crippen molar-refractivity contribution in [3.63, 3.8) is 0 Å². The van der Waals surface area contributed by atoms with Gasteiger partial charge in [0.25, 0.3) is 0 Å². The van der Waals surface area contributed by atoms with E-state index in [2.05, 4.69) is 17.2 Å². The van der Waals surface area contributed by atoms with Crippen LogP contribution in [0.3, 0.4) is 0 Å². The van der Waals surface area contributed by atoms with Crippen molar-refractivity contribution in [2.75, 3.05) is 18.2 Å². The topological polar surface area (TPSA) is 68.3 Å². The molecule has 0 saturated carbocycles. The smallest absolute Gasteiger partial charge is 0.341 e. The predicted molar refractivity (Wildman–Crippen MR) is 116 cm³/mol. The number of thiazole rings is 1. The fraction of sp³-hybridized carbons (Fsp3) is 0.350. The van der Waals surface area contributed by atoms with E-state index in [1.165, 1.54) is 35.1 Å². The number of aromatic nitrogens is 1. The monoisotopic (exact) mass is 432 g/mol. The number of fused-ring (bicyclic) bond motifs is 2. The van der Waals surface area contributed by atoms with E-state index < -0.39 is 0 Å². The second kappa shape index (κ2) is 8.23. The quantitative estimate of drug-likeness (QED) is 0.454. The van der Waals surface area contributed by atoms with Crippen molar-refractivity contribution in [2.24, 2.45) is 5.92 Å². The van der Waals surface area contributed by atoms with Crippen LogP contribution < -0.4 is 5.32 Å². The van der Waals surface area contributed by atoms with E-state index >= 15 is 0 Å². The van der Waals surface area contributed by atoms with Gasteiger partial charge in [0.15, 0.2) is 4.34 Å². The first-order valence-corrected chi connectivity index (χ1v) is 11.7. The first-order chi connectivity index (χ1) is 13.5. The van der Waals surface area contributed by atoms with E-state index in [0.717, 1.165) is 39.4 Å². The summed E-state index contributed by atoms with van der Waals surface area (Å²) in [5.74, 6) is 0.330. The summed E-state index contributed by atoms with van der Waals surface area (Å²) in [6, 6.07) is 7.93. The summed E-state index contributed by atoms with van der Waals surface area (Å²) in [5, 5.41) is 3.55. The molecule has 146 valence electrons. The Morgan fingerprint density at radius 3 is 2.93 bits per heavy atom. The zero-order valence-electron chi connectivity index (χ0n) is 15.6. The van der Waals surface area contributed by atoms with Gasteiger partial charge < -0.3 is 10.1 Å². The van der Waals surface area contributed by atoms with Crippen LogP contribution in [0, 0.1) is 5.92 Å². The van der Waals surface area contributed by atoms with Crippen LogP contribution in [0.5, 0.6) is 0 Å². The molecule has 0 radical (unpaired) electrons. The Hall–Kier alpha value is -1.90. The maximum absolute atomic E-state index is 12.5. The molecule has 8 heteroatoms. The van der Waals surface area contributed by atoms with Gasteiger partial charge in [0.1, 0.15) is 5.00 Å². The van der Waals surface area contributed by atoms with Crippen molar-refractivity contribution in [3.05, 3.63) is 40.3 Å². The number of anilines is 1. The van der Waals surface area contributed by atoms with Gasteiger partial charge in [-0.2, -0.15) is 0 Å². The molecule has 28 heavy (non-hydrogen) atoms. The van der Waals surface area contributed by atoms with Crippen LogP contribution >= 0.6 is 34.4 Å². The average molecular weight is 433 g/mol. The van der Waals surface area contributed by atoms with Crippen LogP contribution in [0.1, 0.15) is 34.1 Å². The van der Waals surface area contributed by atoms with Crippen molar-refractivity contribution < 1.29 is 14.3 Å². The van der Waals surface area contributed by atoms with Gasteiger partial charge in [0.05, 0.1) is 28.6 Å². The predicted octanol–water partition coefficient (Wildman–Crippen LogP) is 5.00. The van der Waals surface area contributed by atoms with Gasteiger partial charge in [0, 0.05) is 4.88 Å². The molecule has 1 aliphatic rings. The van der Waals surface area contributed by atoms with E-state index in [9.17, 15) is 9.59 Å². The molecule has 4 rings (SSSR count). The highest BCUT2D eigenvalue weighted by Crippen LogP contribution is 2.40. The maximum Gasteiger partial charge on any atom is 0.341 e. The molecule has 5 nitrogen and oxygen atoms in total. The van der Waals surface area contributed by atoms with E-state index in [1.54, 1.807) is 11.3 Å². The minimum atomic E-state index is -0.374. The van der Waals surface area contributed by atoms with Crippen molar-refractivity contribution in [3.8, 4) is 0 Å². The second-order valence-electron chi connectivity index (χ2n) is 6.83. The van der Waals surface area contributed by atoms with Gasteiger partial charge in [-0.25, -0.2) is 9.78 Å². The highest BCUT2D eigenvalue weighted by molar-refractivity contribution is 8.01. The Morgan fingerprint density at radius 2 is 2.14 bits per heavy atom. The van der Waals surface area contributed by atoms with Gasteiger partial charge in [-0.05, 0) is 42.9 Å². The minimum absolute atomic E-state index is 0.138. The molecule has 1 amide bonds. The summed E-state index contributed by atoms with van der Waals surface area (Å²) in [4.78, 5) is 30.6. The lowest BCUT2D eigenvalue weighted by Crippen LogP contribution is -2.17. The molecule has 3 aromatic rings. The molecule has 2 aromatic heterocycles. The van der Waals surface area contributed by atoms with Gasteiger partial charge in [-0.15, -0.1) is 22.7 Å². The third-order valence-corrected chi connectivity index (χ3v) is 8.10. The van der Waals surface area contributed by atoms with E-state index in [1.807, 2.05) is 24.3 Å². The van der Waals surface area contributed by atoms with Crippen LogP contribution in [-0.2, 0) is 22.4 Å². The molecule has 2 heterocycles. The summed E-state index contributed by atoms with van der Waals surface area (Å²) in [6.45, 7) is 2.22. The van der Waals surface area contributed by atoms with Crippen molar-refractivity contribution in [1.82, 2.24) is 4.98 Å². The number of carbonyl (C=O) groups excluding carboxylic acids is 2. The number of ether oxygens (including phenoxy) is 1. The van der Waals surface area contributed by atoms with Crippen molar-refractivity contribution in [1.29, 1.82) is 0 Å². The number of hydrogen-bond donors (Lipinski definition) is 1. The van der Waals surface area contributed by atoms with Gasteiger partial charge in [-0.1, -0.05) is 30.8 Å². The Labute approximate surface area is 175 Å². The Bertz CT molecular complexity index is 1010. The maximum atomic E-state index is 12.5. The lowest BCUT2D eigenvalue weighted by atomic mass is 9.88. The Kier molecular flexibility index (Phi) is 5.70. The van der Waals surface area contributed by atoms with Gasteiger partial charge in [0.2, 0.25) is 5.91 Å². The molecule has 0 saturated heterocycles. The standard InChI is InChI=1S/C20H20N2O3S3/c1-11-7-8-12-15(9-11)27-18(17(12)19(24)25-2)22-16(23)10-26-20-21-13-5-3-4-6-14(13)28-20/h3-6,11H,7-10H2,1-2H3,(H,22,23). The number of amides is 1. The summed E-state index contributed by atoms with van der Waals surface area (Å²) < 4.78 is 6.95. The number of carbonyl (C=O) groups is 2. The lowest BCUT2D eigenvalue weighted by Gasteiger charge is -2.18. The normalized spacial score (nSPS) is 16.0. The van der Waals surface area contributed by atoms with Gasteiger partial charge >= 0.3 is 5.97 Å².